The molecule has 1 nitrogen and oxygen atoms in total. The van der Waals surface area contributed by atoms with Crippen molar-refractivity contribution in [2.45, 2.75) is 30.1 Å². The predicted octanol–water partition coefficient (Wildman–Crippen LogP) is 17.8. The third kappa shape index (κ3) is 5.27. The molecule has 0 fully saturated rings. The molecule has 72 heavy (non-hydrogen) atoms. The molecule has 4 aliphatic carbocycles. The highest BCUT2D eigenvalue weighted by Gasteiger charge is 2.59. The summed E-state index contributed by atoms with van der Waals surface area (Å²) >= 11 is 0. The van der Waals surface area contributed by atoms with Gasteiger partial charge in [0.25, 0.3) is 0 Å². The average molecular weight is 916 g/mol. The first kappa shape index (κ1) is 41.0. The molecule has 0 aliphatic heterocycles. The first-order valence-electron chi connectivity index (χ1n) is 25.4. The van der Waals surface area contributed by atoms with Crippen molar-refractivity contribution in [2.24, 2.45) is 0 Å². The van der Waals surface area contributed by atoms with Crippen LogP contribution in [0.3, 0.4) is 0 Å². The van der Waals surface area contributed by atoms with Crippen molar-refractivity contribution in [3.8, 4) is 55.6 Å². The van der Waals surface area contributed by atoms with Crippen molar-refractivity contribution in [3.05, 3.63) is 316 Å². The topological polar surface area (TPSA) is 3.24 Å². The van der Waals surface area contributed by atoms with E-state index in [-0.39, 0.29) is 5.41 Å². The van der Waals surface area contributed by atoms with Gasteiger partial charge in [-0.25, -0.2) is 0 Å². The Labute approximate surface area is 422 Å². The maximum Gasteiger partial charge on any atom is 0.0725 e. The highest BCUT2D eigenvalue weighted by Crippen LogP contribution is 2.68. The standard InChI is InChI=1S/C71H49N/c1-69(2)58-30-12-6-24-52(58)57-44-43-49(45-66(57)69)72(67-38-19-11-23-50(67)46-21-4-3-5-22-46)48-41-39-47(40-42-48)51-29-20-37-65-68(51)71(61-33-15-9-27-55(61)56-28-10-16-34-62(56)71)64-36-18-17-35-63(64)70(65)59-31-13-7-25-53(59)54-26-8-14-32-60(54)70/h3-45H,1-2H3. The second-order valence-electron chi connectivity index (χ2n) is 20.6. The van der Waals surface area contributed by atoms with Gasteiger partial charge in [-0.2, -0.15) is 0 Å². The molecule has 1 heteroatoms. The number of anilines is 3. The Morgan fingerprint density at radius 1 is 0.250 bits per heavy atom. The molecule has 11 aromatic carbocycles. The minimum atomic E-state index is -0.596. The van der Waals surface area contributed by atoms with Crippen molar-refractivity contribution < 1.29 is 0 Å². The summed E-state index contributed by atoms with van der Waals surface area (Å²) in [5.74, 6) is 0. The van der Waals surface area contributed by atoms with Crippen molar-refractivity contribution in [3.63, 3.8) is 0 Å². The van der Waals surface area contributed by atoms with Crippen LogP contribution < -0.4 is 4.90 Å². The maximum absolute atomic E-state index is 2.48. The molecule has 4 aliphatic rings. The molecular weight excluding hydrogens is 867 g/mol. The second-order valence-corrected chi connectivity index (χ2v) is 20.6. The van der Waals surface area contributed by atoms with E-state index < -0.39 is 10.8 Å². The van der Waals surface area contributed by atoms with Crippen LogP contribution in [0.2, 0.25) is 0 Å². The molecule has 0 radical (unpaired) electrons. The van der Waals surface area contributed by atoms with E-state index in [1.165, 1.54) is 111 Å². The lowest BCUT2D eigenvalue weighted by molar-refractivity contribution is 0.634. The van der Waals surface area contributed by atoms with Gasteiger partial charge in [0.1, 0.15) is 0 Å². The number of fused-ring (bicyclic) bond motifs is 19. The van der Waals surface area contributed by atoms with Gasteiger partial charge in [0, 0.05) is 22.4 Å². The summed E-state index contributed by atoms with van der Waals surface area (Å²) in [6, 6.07) is 98.6. The third-order valence-corrected chi connectivity index (χ3v) is 17.0. The van der Waals surface area contributed by atoms with E-state index in [9.17, 15) is 0 Å². The molecule has 15 rings (SSSR count). The van der Waals surface area contributed by atoms with Crippen molar-refractivity contribution >= 4 is 17.1 Å². The van der Waals surface area contributed by atoms with Gasteiger partial charge < -0.3 is 4.90 Å². The van der Waals surface area contributed by atoms with Gasteiger partial charge in [-0.3, -0.25) is 0 Å². The van der Waals surface area contributed by atoms with Crippen LogP contribution in [0, 0.1) is 0 Å². The number of benzene rings is 11. The van der Waals surface area contributed by atoms with Crippen LogP contribution in [0.15, 0.2) is 261 Å². The van der Waals surface area contributed by atoms with Crippen molar-refractivity contribution in [1.29, 1.82) is 0 Å². The van der Waals surface area contributed by atoms with Gasteiger partial charge in [0.05, 0.1) is 16.5 Å². The zero-order valence-corrected chi connectivity index (χ0v) is 40.3. The molecule has 2 spiro atoms. The summed E-state index contributed by atoms with van der Waals surface area (Å²) < 4.78 is 0. The molecular formula is C71H49N. The minimum absolute atomic E-state index is 0.146. The Hall–Kier alpha value is -8.78. The average Bonchev–Trinajstić information content (AvgIpc) is 4.00. The largest absolute Gasteiger partial charge is 0.310 e. The molecule has 0 amide bonds. The number of rotatable bonds is 5. The Bertz CT molecular complexity index is 3930. The molecule has 11 aromatic rings. The van der Waals surface area contributed by atoms with Crippen LogP contribution in [0.1, 0.15) is 69.5 Å². The zero-order chi connectivity index (χ0) is 47.8. The monoisotopic (exact) mass is 915 g/mol. The molecule has 0 saturated heterocycles. The SMILES string of the molecule is CC1(C)c2ccccc2-c2ccc(N(c3ccc(-c4cccc5c4C4(c6ccccc6-c6ccccc64)c4ccccc4C54c5ccccc5-c5ccccc54)cc3)c3ccccc3-c3ccccc3)cc21. The normalized spacial score (nSPS) is 14.9. The highest BCUT2D eigenvalue weighted by atomic mass is 15.1. The molecule has 0 heterocycles. The lowest BCUT2D eigenvalue weighted by Gasteiger charge is -2.49. The van der Waals surface area contributed by atoms with Gasteiger partial charge in [0.15, 0.2) is 0 Å². The van der Waals surface area contributed by atoms with Gasteiger partial charge in [-0.1, -0.05) is 244 Å². The van der Waals surface area contributed by atoms with Gasteiger partial charge in [0.2, 0.25) is 0 Å². The Balaban J connectivity index is 0.993. The maximum atomic E-state index is 2.48. The number of hydrogen-bond acceptors (Lipinski definition) is 1. The molecule has 0 bridgehead atoms. The smallest absolute Gasteiger partial charge is 0.0725 e. The van der Waals surface area contributed by atoms with Gasteiger partial charge in [-0.05, 0) is 136 Å². The van der Waals surface area contributed by atoms with Crippen LogP contribution in [0.5, 0.6) is 0 Å². The molecule has 0 atom stereocenters. The van der Waals surface area contributed by atoms with E-state index in [4.69, 9.17) is 0 Å². The fourth-order valence-electron chi connectivity index (χ4n) is 14.1. The van der Waals surface area contributed by atoms with Crippen LogP contribution in [0.25, 0.3) is 55.6 Å². The molecule has 0 unspecified atom stereocenters. The van der Waals surface area contributed by atoms with Gasteiger partial charge in [-0.15, -0.1) is 0 Å². The lowest BCUT2D eigenvalue weighted by atomic mass is 9.51. The van der Waals surface area contributed by atoms with Crippen molar-refractivity contribution in [2.75, 3.05) is 4.90 Å². The summed E-state index contributed by atoms with van der Waals surface area (Å²) in [7, 11) is 0. The van der Waals surface area contributed by atoms with Crippen LogP contribution >= 0.6 is 0 Å². The summed E-state index contributed by atoms with van der Waals surface area (Å²) in [6.45, 7) is 4.75. The fourth-order valence-corrected chi connectivity index (χ4v) is 14.1. The Morgan fingerprint density at radius 3 is 1.22 bits per heavy atom. The minimum Gasteiger partial charge on any atom is -0.310 e. The molecule has 0 N–H and O–H groups in total. The molecule has 0 aromatic heterocycles. The summed E-state index contributed by atoms with van der Waals surface area (Å²) in [5, 5.41) is 0. The van der Waals surface area contributed by atoms with E-state index in [1.807, 2.05) is 0 Å². The fraction of sp³-hybridized carbons (Fsp3) is 0.0704. The van der Waals surface area contributed by atoms with E-state index in [1.54, 1.807) is 0 Å². The first-order valence-corrected chi connectivity index (χ1v) is 25.4. The van der Waals surface area contributed by atoms with Crippen LogP contribution in [-0.2, 0) is 16.2 Å². The van der Waals surface area contributed by atoms with Gasteiger partial charge >= 0.3 is 0 Å². The molecule has 0 saturated carbocycles. The Kier molecular flexibility index (Phi) is 8.62. The Morgan fingerprint density at radius 2 is 0.639 bits per heavy atom. The predicted molar refractivity (Wildman–Crippen MR) is 298 cm³/mol. The lowest BCUT2D eigenvalue weighted by Crippen LogP contribution is -2.44. The third-order valence-electron chi connectivity index (χ3n) is 17.0. The van der Waals surface area contributed by atoms with Crippen LogP contribution in [-0.4, -0.2) is 0 Å². The molecule has 338 valence electrons. The second kappa shape index (κ2) is 15.1. The van der Waals surface area contributed by atoms with E-state index >= 15 is 0 Å². The summed E-state index contributed by atoms with van der Waals surface area (Å²) in [6.07, 6.45) is 0. The van der Waals surface area contributed by atoms with E-state index in [0.717, 1.165) is 17.1 Å². The summed E-state index contributed by atoms with van der Waals surface area (Å²) in [5.41, 5.74) is 28.2. The zero-order valence-electron chi connectivity index (χ0n) is 40.3. The first-order chi connectivity index (χ1) is 35.5. The van der Waals surface area contributed by atoms with E-state index in [0.29, 0.717) is 0 Å². The van der Waals surface area contributed by atoms with E-state index in [2.05, 4.69) is 280 Å². The highest BCUT2D eigenvalue weighted by molar-refractivity contribution is 5.97. The van der Waals surface area contributed by atoms with Crippen LogP contribution in [0.4, 0.5) is 17.1 Å². The number of nitrogens with zero attached hydrogens (tertiary/aromatic N) is 1. The summed E-state index contributed by atoms with van der Waals surface area (Å²) in [4.78, 5) is 2.48. The number of hydrogen-bond donors (Lipinski definition) is 0. The quantitative estimate of drug-likeness (QED) is 0.166. The number of para-hydroxylation sites is 1. The van der Waals surface area contributed by atoms with Crippen molar-refractivity contribution in [1.82, 2.24) is 0 Å².